The summed E-state index contributed by atoms with van der Waals surface area (Å²) >= 11 is 5.71. The number of unbranched alkanes of at least 4 members (excludes halogenated alkanes) is 1. The maximum atomic E-state index is 12.9. The molecule has 0 saturated carbocycles. The van der Waals surface area contributed by atoms with E-state index in [0.717, 1.165) is 43.3 Å². The molecule has 0 aliphatic carbocycles. The first-order valence-corrected chi connectivity index (χ1v) is 11.5. The average molecular weight is 452 g/mol. The van der Waals surface area contributed by atoms with Gasteiger partial charge in [0.05, 0.1) is 12.1 Å². The summed E-state index contributed by atoms with van der Waals surface area (Å²) in [5, 5.41) is 4.94. The zero-order chi connectivity index (χ0) is 22.5. The first-order valence-electron chi connectivity index (χ1n) is 11.1. The fourth-order valence-electron chi connectivity index (χ4n) is 3.85. The van der Waals surface area contributed by atoms with Gasteiger partial charge in [0.25, 0.3) is 5.56 Å². The largest absolute Gasteiger partial charge is 0.454 e. The SMILES string of the molecule is CCCCNC(=S)N(CCc1ccccc1C)Cc1cc2cc3c(cc2[nH]c1=O)OCO3. The summed E-state index contributed by atoms with van der Waals surface area (Å²) in [4.78, 5) is 17.9. The van der Waals surface area contributed by atoms with Crippen molar-refractivity contribution in [3.63, 3.8) is 0 Å². The molecular weight excluding hydrogens is 422 g/mol. The second-order valence-electron chi connectivity index (χ2n) is 8.10. The van der Waals surface area contributed by atoms with Crippen molar-refractivity contribution in [2.45, 2.75) is 39.7 Å². The number of benzene rings is 2. The van der Waals surface area contributed by atoms with E-state index in [1.807, 2.05) is 24.3 Å². The molecule has 4 rings (SSSR count). The molecule has 0 fully saturated rings. The van der Waals surface area contributed by atoms with E-state index >= 15 is 0 Å². The van der Waals surface area contributed by atoms with Crippen LogP contribution in [0.1, 0.15) is 36.5 Å². The number of hydrogen-bond donors (Lipinski definition) is 2. The van der Waals surface area contributed by atoms with Crippen LogP contribution in [-0.4, -0.2) is 34.9 Å². The van der Waals surface area contributed by atoms with E-state index in [0.29, 0.717) is 28.7 Å². The molecule has 0 atom stereocenters. The molecular formula is C25H29N3O3S. The van der Waals surface area contributed by atoms with Crippen molar-refractivity contribution in [2.75, 3.05) is 19.9 Å². The van der Waals surface area contributed by atoms with E-state index < -0.39 is 0 Å². The molecule has 2 heterocycles. The molecule has 32 heavy (non-hydrogen) atoms. The Morgan fingerprint density at radius 2 is 1.94 bits per heavy atom. The van der Waals surface area contributed by atoms with Crippen molar-refractivity contribution >= 4 is 28.2 Å². The summed E-state index contributed by atoms with van der Waals surface area (Å²) in [5.41, 5.74) is 3.83. The molecule has 0 saturated heterocycles. The number of H-pyrrole nitrogens is 1. The van der Waals surface area contributed by atoms with Crippen LogP contribution in [0.25, 0.3) is 10.9 Å². The Morgan fingerprint density at radius 1 is 1.16 bits per heavy atom. The van der Waals surface area contributed by atoms with Crippen LogP contribution in [0.4, 0.5) is 0 Å². The molecule has 3 aromatic rings. The summed E-state index contributed by atoms with van der Waals surface area (Å²) in [6.45, 7) is 6.46. The topological polar surface area (TPSA) is 66.6 Å². The van der Waals surface area contributed by atoms with Gasteiger partial charge >= 0.3 is 0 Å². The lowest BCUT2D eigenvalue weighted by molar-refractivity contribution is 0.174. The second-order valence-corrected chi connectivity index (χ2v) is 8.49. The fraction of sp³-hybridized carbons (Fsp3) is 0.360. The van der Waals surface area contributed by atoms with Gasteiger partial charge in [0.1, 0.15) is 0 Å². The highest BCUT2D eigenvalue weighted by molar-refractivity contribution is 7.80. The Bertz CT molecular complexity index is 1170. The zero-order valence-electron chi connectivity index (χ0n) is 18.6. The number of nitrogens with one attached hydrogen (secondary N) is 2. The number of thiocarbonyl (C=S) groups is 1. The van der Waals surface area contributed by atoms with E-state index in [-0.39, 0.29) is 12.4 Å². The van der Waals surface area contributed by atoms with E-state index in [4.69, 9.17) is 21.7 Å². The number of aromatic nitrogens is 1. The molecule has 2 N–H and O–H groups in total. The van der Waals surface area contributed by atoms with Gasteiger partial charge in [-0.2, -0.15) is 0 Å². The fourth-order valence-corrected chi connectivity index (χ4v) is 4.10. The lowest BCUT2D eigenvalue weighted by Crippen LogP contribution is -2.41. The number of pyridine rings is 1. The molecule has 0 radical (unpaired) electrons. The average Bonchev–Trinajstić information content (AvgIpc) is 3.23. The smallest absolute Gasteiger partial charge is 0.253 e. The van der Waals surface area contributed by atoms with Gasteiger partial charge in [0.15, 0.2) is 16.6 Å². The Morgan fingerprint density at radius 3 is 2.72 bits per heavy atom. The van der Waals surface area contributed by atoms with Gasteiger partial charge in [-0.05, 0) is 55.2 Å². The van der Waals surface area contributed by atoms with Crippen molar-refractivity contribution < 1.29 is 9.47 Å². The highest BCUT2D eigenvalue weighted by Gasteiger charge is 2.17. The van der Waals surface area contributed by atoms with Crippen LogP contribution < -0.4 is 20.3 Å². The molecule has 1 aliphatic heterocycles. The molecule has 168 valence electrons. The molecule has 6 nitrogen and oxygen atoms in total. The maximum absolute atomic E-state index is 12.9. The van der Waals surface area contributed by atoms with Crippen molar-refractivity contribution in [3.8, 4) is 11.5 Å². The third kappa shape index (κ3) is 5.05. The minimum Gasteiger partial charge on any atom is -0.454 e. The predicted molar refractivity (Wildman–Crippen MR) is 131 cm³/mol. The summed E-state index contributed by atoms with van der Waals surface area (Å²) in [6.07, 6.45) is 3.00. The highest BCUT2D eigenvalue weighted by atomic mass is 32.1. The first-order chi connectivity index (χ1) is 15.5. The molecule has 0 spiro atoms. The van der Waals surface area contributed by atoms with Crippen LogP contribution in [-0.2, 0) is 13.0 Å². The number of aryl methyl sites for hydroxylation is 1. The van der Waals surface area contributed by atoms with Crippen LogP contribution >= 0.6 is 12.2 Å². The van der Waals surface area contributed by atoms with Crippen LogP contribution in [0.3, 0.4) is 0 Å². The molecule has 1 aromatic heterocycles. The second kappa shape index (κ2) is 10.0. The third-order valence-corrected chi connectivity index (χ3v) is 6.18. The van der Waals surface area contributed by atoms with Gasteiger partial charge in [-0.3, -0.25) is 4.79 Å². The quantitative estimate of drug-likeness (QED) is 0.394. The highest BCUT2D eigenvalue weighted by Crippen LogP contribution is 2.35. The number of rotatable bonds is 8. The summed E-state index contributed by atoms with van der Waals surface area (Å²) in [5.74, 6) is 1.35. The van der Waals surface area contributed by atoms with E-state index in [1.165, 1.54) is 11.1 Å². The van der Waals surface area contributed by atoms with Crippen molar-refractivity contribution in [1.82, 2.24) is 15.2 Å². The maximum Gasteiger partial charge on any atom is 0.253 e. The lowest BCUT2D eigenvalue weighted by atomic mass is 10.1. The van der Waals surface area contributed by atoms with Crippen LogP contribution in [0.2, 0.25) is 0 Å². The Labute approximate surface area is 193 Å². The first kappa shape index (κ1) is 22.1. The van der Waals surface area contributed by atoms with Gasteiger partial charge in [0, 0.05) is 30.1 Å². The Balaban J connectivity index is 1.57. The Hall–Kier alpha value is -3.06. The van der Waals surface area contributed by atoms with Crippen LogP contribution in [0, 0.1) is 6.92 Å². The van der Waals surface area contributed by atoms with Gasteiger partial charge in [0.2, 0.25) is 6.79 Å². The monoisotopic (exact) mass is 451 g/mol. The number of fused-ring (bicyclic) bond motifs is 2. The number of nitrogens with zero attached hydrogens (tertiary/aromatic N) is 1. The Kier molecular flexibility index (Phi) is 6.95. The number of aromatic amines is 1. The summed E-state index contributed by atoms with van der Waals surface area (Å²) in [6, 6.07) is 14.0. The van der Waals surface area contributed by atoms with Gasteiger partial charge < -0.3 is 24.7 Å². The van der Waals surface area contributed by atoms with Gasteiger partial charge in [-0.15, -0.1) is 0 Å². The molecule has 0 amide bonds. The predicted octanol–water partition coefficient (Wildman–Crippen LogP) is 4.28. The summed E-state index contributed by atoms with van der Waals surface area (Å²) in [7, 11) is 0. The minimum atomic E-state index is -0.117. The van der Waals surface area contributed by atoms with Gasteiger partial charge in [-0.1, -0.05) is 37.6 Å². The molecule has 2 aromatic carbocycles. The zero-order valence-corrected chi connectivity index (χ0v) is 19.4. The normalized spacial score (nSPS) is 12.2. The standard InChI is InChI=1S/C25H29N3O3S/c1-3-4-10-26-25(32)28(11-9-18-8-6-5-7-17(18)2)15-20-12-19-13-22-23(31-16-30-22)14-21(19)27-24(20)29/h5-8,12-14H,3-4,9-11,15-16H2,1-2H3,(H,26,32)(H,27,29). The van der Waals surface area contributed by atoms with Crippen LogP contribution in [0.5, 0.6) is 11.5 Å². The summed E-state index contributed by atoms with van der Waals surface area (Å²) < 4.78 is 10.9. The van der Waals surface area contributed by atoms with E-state index in [9.17, 15) is 4.79 Å². The molecule has 1 aliphatic rings. The van der Waals surface area contributed by atoms with Crippen molar-refractivity contribution in [1.29, 1.82) is 0 Å². The van der Waals surface area contributed by atoms with Gasteiger partial charge in [-0.25, -0.2) is 0 Å². The number of hydrogen-bond acceptors (Lipinski definition) is 4. The van der Waals surface area contributed by atoms with Crippen molar-refractivity contribution in [3.05, 3.63) is 69.5 Å². The third-order valence-electron chi connectivity index (χ3n) is 5.78. The van der Waals surface area contributed by atoms with E-state index in [1.54, 1.807) is 0 Å². The van der Waals surface area contributed by atoms with Crippen molar-refractivity contribution in [2.24, 2.45) is 0 Å². The minimum absolute atomic E-state index is 0.117. The van der Waals surface area contributed by atoms with E-state index in [2.05, 4.69) is 47.2 Å². The molecule has 0 unspecified atom stereocenters. The molecule has 0 bridgehead atoms. The van der Waals surface area contributed by atoms with Crippen LogP contribution in [0.15, 0.2) is 47.3 Å². The molecule has 7 heteroatoms. The number of ether oxygens (including phenoxy) is 2. The lowest BCUT2D eigenvalue weighted by Gasteiger charge is -2.26.